The lowest BCUT2D eigenvalue weighted by atomic mass is 10.0. The molecular formula is C21H31N3O7S. The lowest BCUT2D eigenvalue weighted by Crippen LogP contribution is -2.41. The van der Waals surface area contributed by atoms with E-state index in [0.717, 1.165) is 4.90 Å². The van der Waals surface area contributed by atoms with Crippen LogP contribution in [-0.4, -0.2) is 81.3 Å². The number of likely N-dealkylation sites (N-methyl/N-ethyl adjacent to an activating group) is 1. The Hall–Kier alpha value is -2.66. The van der Waals surface area contributed by atoms with Gasteiger partial charge in [0.05, 0.1) is 18.8 Å². The molecule has 0 radical (unpaired) electrons. The summed E-state index contributed by atoms with van der Waals surface area (Å²) in [7, 11) is -0.890. The highest BCUT2D eigenvalue weighted by molar-refractivity contribution is 7.89. The van der Waals surface area contributed by atoms with Gasteiger partial charge in [-0.1, -0.05) is 18.2 Å². The molecule has 10 nitrogen and oxygen atoms in total. The van der Waals surface area contributed by atoms with Crippen LogP contribution in [0.1, 0.15) is 26.7 Å². The van der Waals surface area contributed by atoms with E-state index in [4.69, 9.17) is 9.47 Å². The molecule has 1 N–H and O–H groups in total. The molecule has 2 rings (SSSR count). The Labute approximate surface area is 188 Å². The number of rotatable bonds is 12. The van der Waals surface area contributed by atoms with Crippen LogP contribution in [0.4, 0.5) is 4.79 Å². The molecule has 1 heterocycles. The van der Waals surface area contributed by atoms with Crippen LogP contribution < -0.4 is 9.46 Å². The lowest BCUT2D eigenvalue weighted by Gasteiger charge is -2.22. The van der Waals surface area contributed by atoms with Gasteiger partial charge in [-0.15, -0.1) is 0 Å². The summed E-state index contributed by atoms with van der Waals surface area (Å²) in [5.74, 6) is -1.32. The van der Waals surface area contributed by atoms with Gasteiger partial charge in [0, 0.05) is 20.1 Å². The normalized spacial score (nSPS) is 16.9. The molecule has 1 aromatic rings. The number of urea groups is 1. The zero-order valence-corrected chi connectivity index (χ0v) is 19.7. The van der Waals surface area contributed by atoms with Crippen molar-refractivity contribution in [1.82, 2.24) is 14.5 Å². The maximum atomic E-state index is 12.4. The van der Waals surface area contributed by atoms with Crippen molar-refractivity contribution >= 4 is 27.9 Å². The third kappa shape index (κ3) is 6.42. The van der Waals surface area contributed by atoms with Crippen molar-refractivity contribution in [3.8, 4) is 5.75 Å². The van der Waals surface area contributed by atoms with E-state index >= 15 is 0 Å². The molecule has 178 valence electrons. The second kappa shape index (κ2) is 10.8. The molecule has 0 spiro atoms. The average molecular weight is 470 g/mol. The van der Waals surface area contributed by atoms with Crippen LogP contribution in [0, 0.1) is 5.92 Å². The minimum absolute atomic E-state index is 0.0370. The Bertz CT molecular complexity index is 919. The Morgan fingerprint density at radius 1 is 1.19 bits per heavy atom. The highest BCUT2D eigenvalue weighted by atomic mass is 32.2. The summed E-state index contributed by atoms with van der Waals surface area (Å²) in [6, 6.07) is 8.45. The molecule has 1 unspecified atom stereocenters. The van der Waals surface area contributed by atoms with Crippen LogP contribution in [0.15, 0.2) is 30.3 Å². The fourth-order valence-electron chi connectivity index (χ4n) is 3.23. The van der Waals surface area contributed by atoms with E-state index in [-0.39, 0.29) is 37.8 Å². The summed E-state index contributed by atoms with van der Waals surface area (Å²) in [6.45, 7) is 3.29. The molecule has 1 saturated heterocycles. The van der Waals surface area contributed by atoms with Crippen LogP contribution in [-0.2, 0) is 24.3 Å². The van der Waals surface area contributed by atoms with Crippen LogP contribution >= 0.6 is 0 Å². The summed E-state index contributed by atoms with van der Waals surface area (Å²) >= 11 is 0. The van der Waals surface area contributed by atoms with E-state index in [9.17, 15) is 22.8 Å². The number of hydrogen-bond acceptors (Lipinski definition) is 7. The highest BCUT2D eigenvalue weighted by Gasteiger charge is 2.48. The number of ether oxygens (including phenoxy) is 2. The monoisotopic (exact) mass is 469 g/mol. The Kier molecular flexibility index (Phi) is 8.62. The van der Waals surface area contributed by atoms with Gasteiger partial charge in [0.25, 0.3) is 5.91 Å². The predicted molar refractivity (Wildman–Crippen MR) is 117 cm³/mol. The second-order valence-electron chi connectivity index (χ2n) is 8.05. The maximum Gasteiger partial charge on any atom is 0.327 e. The molecule has 0 aliphatic carbocycles. The first-order chi connectivity index (χ1) is 15.0. The van der Waals surface area contributed by atoms with Crippen molar-refractivity contribution < 1.29 is 32.3 Å². The summed E-state index contributed by atoms with van der Waals surface area (Å²) in [4.78, 5) is 39.4. The number of nitrogens with zero attached hydrogens (tertiary/aromatic N) is 2. The maximum absolute atomic E-state index is 12.4. The molecule has 1 atom stereocenters. The average Bonchev–Trinajstić information content (AvgIpc) is 2.90. The van der Waals surface area contributed by atoms with E-state index in [1.165, 1.54) is 12.0 Å². The van der Waals surface area contributed by atoms with Crippen molar-refractivity contribution in [3.05, 3.63) is 30.3 Å². The number of para-hydroxylation sites is 1. The molecular weight excluding hydrogens is 438 g/mol. The fraction of sp³-hybridized carbons (Fsp3) is 0.571. The quantitative estimate of drug-likeness (QED) is 0.361. The van der Waals surface area contributed by atoms with E-state index in [2.05, 4.69) is 4.72 Å². The molecule has 1 aliphatic heterocycles. The van der Waals surface area contributed by atoms with E-state index in [1.54, 1.807) is 45.2 Å². The van der Waals surface area contributed by atoms with Crippen LogP contribution in [0.5, 0.6) is 5.75 Å². The zero-order chi connectivity index (χ0) is 23.9. The van der Waals surface area contributed by atoms with Gasteiger partial charge in [-0.3, -0.25) is 14.5 Å². The number of hydrogen-bond donors (Lipinski definition) is 1. The van der Waals surface area contributed by atoms with E-state index in [1.807, 2.05) is 6.07 Å². The van der Waals surface area contributed by atoms with Crippen LogP contribution in [0.25, 0.3) is 0 Å². The van der Waals surface area contributed by atoms with Crippen LogP contribution in [0.3, 0.4) is 0 Å². The molecule has 3 amide bonds. The summed E-state index contributed by atoms with van der Waals surface area (Å²) in [5.41, 5.74) is -0.920. The smallest absolute Gasteiger partial charge is 0.327 e. The first-order valence-corrected chi connectivity index (χ1v) is 12.0. The SMILES string of the molecule is COC(=O)C(CCCN1C(=O)N(C)C(C)(C)C1=O)CNS(=O)(=O)CCOc1ccccc1. The molecule has 0 bridgehead atoms. The Balaban J connectivity index is 1.84. The van der Waals surface area contributed by atoms with Gasteiger partial charge in [-0.2, -0.15) is 0 Å². The standard InChI is InChI=1S/C21H31N3O7S/c1-21(2)19(26)24(20(27)23(21)3)12-8-9-16(18(25)30-4)15-22-32(28,29)14-13-31-17-10-6-5-7-11-17/h5-7,10-11,16,22H,8-9,12-15H2,1-4H3. The van der Waals surface area contributed by atoms with Crippen molar-refractivity contribution in [1.29, 1.82) is 0 Å². The molecule has 1 aromatic carbocycles. The zero-order valence-electron chi connectivity index (χ0n) is 18.9. The number of imide groups is 1. The van der Waals surface area contributed by atoms with Gasteiger partial charge in [0.1, 0.15) is 17.9 Å². The first kappa shape index (κ1) is 25.6. The topological polar surface area (TPSA) is 122 Å². The number of amides is 3. The number of carbonyl (C=O) groups is 3. The second-order valence-corrected chi connectivity index (χ2v) is 9.97. The van der Waals surface area contributed by atoms with Crippen molar-refractivity contribution in [3.63, 3.8) is 0 Å². The molecule has 0 aromatic heterocycles. The number of carbonyl (C=O) groups excluding carboxylic acids is 3. The summed E-state index contributed by atoms with van der Waals surface area (Å²) < 4.78 is 37.1. The number of nitrogens with one attached hydrogen (secondary N) is 1. The van der Waals surface area contributed by atoms with Crippen molar-refractivity contribution in [2.45, 2.75) is 32.2 Å². The van der Waals surface area contributed by atoms with Gasteiger partial charge in [-0.05, 0) is 38.8 Å². The Morgan fingerprint density at radius 2 is 1.84 bits per heavy atom. The number of methoxy groups -OCH3 is 1. The summed E-state index contributed by atoms with van der Waals surface area (Å²) in [5, 5.41) is 0. The van der Waals surface area contributed by atoms with Gasteiger partial charge < -0.3 is 14.4 Å². The van der Waals surface area contributed by atoms with Crippen molar-refractivity contribution in [2.75, 3.05) is 39.6 Å². The first-order valence-electron chi connectivity index (χ1n) is 10.3. The van der Waals surface area contributed by atoms with E-state index in [0.29, 0.717) is 12.2 Å². The van der Waals surface area contributed by atoms with Crippen molar-refractivity contribution in [2.24, 2.45) is 5.92 Å². The molecule has 32 heavy (non-hydrogen) atoms. The largest absolute Gasteiger partial charge is 0.492 e. The lowest BCUT2D eigenvalue weighted by molar-refractivity contribution is -0.145. The predicted octanol–water partition coefficient (Wildman–Crippen LogP) is 1.23. The Morgan fingerprint density at radius 3 is 2.41 bits per heavy atom. The summed E-state index contributed by atoms with van der Waals surface area (Å²) in [6.07, 6.45) is 0.580. The van der Waals surface area contributed by atoms with E-state index < -0.39 is 33.5 Å². The van der Waals surface area contributed by atoms with Gasteiger partial charge in [0.15, 0.2) is 0 Å². The highest BCUT2D eigenvalue weighted by Crippen LogP contribution is 2.26. The number of esters is 1. The fourth-order valence-corrected chi connectivity index (χ4v) is 4.13. The number of benzene rings is 1. The van der Waals surface area contributed by atoms with Gasteiger partial charge >= 0.3 is 12.0 Å². The molecule has 11 heteroatoms. The molecule has 0 saturated carbocycles. The minimum atomic E-state index is -3.68. The third-order valence-electron chi connectivity index (χ3n) is 5.51. The van der Waals surface area contributed by atoms with Crippen LogP contribution in [0.2, 0.25) is 0 Å². The molecule has 1 fully saturated rings. The molecule has 1 aliphatic rings. The minimum Gasteiger partial charge on any atom is -0.492 e. The van der Waals surface area contributed by atoms with Gasteiger partial charge in [-0.25, -0.2) is 17.9 Å². The van der Waals surface area contributed by atoms with Gasteiger partial charge in [0.2, 0.25) is 10.0 Å². The third-order valence-corrected chi connectivity index (χ3v) is 6.82. The number of sulfonamides is 1.